The van der Waals surface area contributed by atoms with Crippen LogP contribution >= 0.6 is 12.2 Å². The molecule has 98 valence electrons. The first kappa shape index (κ1) is 13.3. The van der Waals surface area contributed by atoms with E-state index in [1.165, 1.54) is 18.4 Å². The molecule has 4 heteroatoms. The summed E-state index contributed by atoms with van der Waals surface area (Å²) in [6.07, 6.45) is 3.39. The van der Waals surface area contributed by atoms with Gasteiger partial charge in [-0.1, -0.05) is 24.4 Å². The summed E-state index contributed by atoms with van der Waals surface area (Å²) < 4.78 is 5.25. The van der Waals surface area contributed by atoms with Crippen LogP contribution < -0.4 is 10.5 Å². The second-order valence-electron chi connectivity index (χ2n) is 4.77. The molecule has 2 rings (SSSR count). The molecule has 3 nitrogen and oxygen atoms in total. The van der Waals surface area contributed by atoms with Gasteiger partial charge in [0, 0.05) is 25.6 Å². The SMILES string of the molecule is COc1cccc(CN(CCC(N)=S)C2CC2)c1. The Labute approximate surface area is 114 Å². The molecule has 0 amide bonds. The van der Waals surface area contributed by atoms with Gasteiger partial charge in [0.05, 0.1) is 12.1 Å². The Morgan fingerprint density at radius 2 is 2.28 bits per heavy atom. The van der Waals surface area contributed by atoms with Crippen LogP contribution in [0, 0.1) is 0 Å². The second-order valence-corrected chi connectivity index (χ2v) is 5.29. The molecule has 0 aromatic heterocycles. The van der Waals surface area contributed by atoms with E-state index >= 15 is 0 Å². The number of nitrogens with two attached hydrogens (primary N) is 1. The predicted octanol–water partition coefficient (Wildman–Crippen LogP) is 2.34. The lowest BCUT2D eigenvalue weighted by Gasteiger charge is -2.22. The Balaban J connectivity index is 1.96. The van der Waals surface area contributed by atoms with Crippen LogP contribution in [0.2, 0.25) is 0 Å². The Morgan fingerprint density at radius 3 is 2.89 bits per heavy atom. The molecular formula is C14H20N2OS. The van der Waals surface area contributed by atoms with Crippen LogP contribution in [-0.2, 0) is 6.54 Å². The zero-order chi connectivity index (χ0) is 13.0. The lowest BCUT2D eigenvalue weighted by molar-refractivity contribution is 0.262. The van der Waals surface area contributed by atoms with E-state index in [1.807, 2.05) is 12.1 Å². The maximum absolute atomic E-state index is 5.59. The molecule has 0 radical (unpaired) electrons. The zero-order valence-electron chi connectivity index (χ0n) is 10.8. The van der Waals surface area contributed by atoms with Crippen molar-refractivity contribution in [2.24, 2.45) is 5.73 Å². The van der Waals surface area contributed by atoms with Crippen molar-refractivity contribution in [1.82, 2.24) is 4.90 Å². The lowest BCUT2D eigenvalue weighted by atomic mass is 10.2. The van der Waals surface area contributed by atoms with Gasteiger partial charge >= 0.3 is 0 Å². The van der Waals surface area contributed by atoms with E-state index in [9.17, 15) is 0 Å². The Bertz CT molecular complexity index is 418. The van der Waals surface area contributed by atoms with Gasteiger partial charge in [-0.3, -0.25) is 4.90 Å². The van der Waals surface area contributed by atoms with E-state index in [2.05, 4.69) is 17.0 Å². The average molecular weight is 264 g/mol. The summed E-state index contributed by atoms with van der Waals surface area (Å²) in [7, 11) is 1.70. The fraction of sp³-hybridized carbons (Fsp3) is 0.500. The first-order valence-corrected chi connectivity index (χ1v) is 6.75. The van der Waals surface area contributed by atoms with Crippen LogP contribution in [0.3, 0.4) is 0 Å². The van der Waals surface area contributed by atoms with Gasteiger partial charge in [0.1, 0.15) is 5.75 Å². The van der Waals surface area contributed by atoms with Gasteiger partial charge in [0.25, 0.3) is 0 Å². The summed E-state index contributed by atoms with van der Waals surface area (Å²) >= 11 is 4.96. The monoisotopic (exact) mass is 264 g/mol. The van der Waals surface area contributed by atoms with Crippen molar-refractivity contribution in [3.8, 4) is 5.75 Å². The van der Waals surface area contributed by atoms with Crippen LogP contribution in [0.4, 0.5) is 0 Å². The highest BCUT2D eigenvalue weighted by atomic mass is 32.1. The highest BCUT2D eigenvalue weighted by Gasteiger charge is 2.28. The standard InChI is InChI=1S/C14H20N2OS/c1-17-13-4-2-3-11(9-13)10-16(12-5-6-12)8-7-14(15)18/h2-4,9,12H,5-8,10H2,1H3,(H2,15,18). The van der Waals surface area contributed by atoms with Crippen molar-refractivity contribution in [3.63, 3.8) is 0 Å². The number of thiocarbonyl (C=S) groups is 1. The first-order valence-electron chi connectivity index (χ1n) is 6.34. The van der Waals surface area contributed by atoms with Crippen molar-refractivity contribution >= 4 is 17.2 Å². The molecule has 1 fully saturated rings. The van der Waals surface area contributed by atoms with Crippen LogP contribution in [0.5, 0.6) is 5.75 Å². The van der Waals surface area contributed by atoms with Crippen LogP contribution in [0.25, 0.3) is 0 Å². The lowest BCUT2D eigenvalue weighted by Crippen LogP contribution is -2.29. The topological polar surface area (TPSA) is 38.5 Å². The smallest absolute Gasteiger partial charge is 0.119 e. The molecule has 0 unspecified atom stereocenters. The summed E-state index contributed by atoms with van der Waals surface area (Å²) in [5, 5.41) is 0. The minimum absolute atomic E-state index is 0.603. The number of methoxy groups -OCH3 is 1. The maximum atomic E-state index is 5.59. The van der Waals surface area contributed by atoms with Crippen molar-refractivity contribution in [2.75, 3.05) is 13.7 Å². The fourth-order valence-corrected chi connectivity index (χ4v) is 2.18. The summed E-state index contributed by atoms with van der Waals surface area (Å²) in [6.45, 7) is 1.90. The van der Waals surface area contributed by atoms with Crippen molar-refractivity contribution in [2.45, 2.75) is 31.8 Å². The van der Waals surface area contributed by atoms with E-state index in [1.54, 1.807) is 7.11 Å². The number of hydrogen-bond acceptors (Lipinski definition) is 3. The van der Waals surface area contributed by atoms with Gasteiger partial charge in [0.2, 0.25) is 0 Å². The van der Waals surface area contributed by atoms with Crippen LogP contribution in [0.15, 0.2) is 24.3 Å². The molecule has 1 aromatic rings. The van der Waals surface area contributed by atoms with Gasteiger partial charge in [-0.15, -0.1) is 0 Å². The van der Waals surface area contributed by atoms with E-state index in [-0.39, 0.29) is 0 Å². The molecule has 0 bridgehead atoms. The third kappa shape index (κ3) is 3.96. The number of hydrogen-bond donors (Lipinski definition) is 1. The summed E-state index contributed by atoms with van der Waals surface area (Å²) in [5.41, 5.74) is 6.87. The first-order chi connectivity index (χ1) is 8.69. The maximum Gasteiger partial charge on any atom is 0.119 e. The molecule has 18 heavy (non-hydrogen) atoms. The molecule has 0 aliphatic heterocycles. The van der Waals surface area contributed by atoms with Crippen LogP contribution in [0.1, 0.15) is 24.8 Å². The Morgan fingerprint density at radius 1 is 1.50 bits per heavy atom. The molecule has 1 aromatic carbocycles. The van der Waals surface area contributed by atoms with E-state index in [4.69, 9.17) is 22.7 Å². The Hall–Kier alpha value is -1.13. The number of benzene rings is 1. The third-order valence-corrected chi connectivity index (χ3v) is 3.43. The molecule has 1 aliphatic rings. The molecule has 0 atom stereocenters. The van der Waals surface area contributed by atoms with Gasteiger partial charge < -0.3 is 10.5 Å². The minimum Gasteiger partial charge on any atom is -0.497 e. The zero-order valence-corrected chi connectivity index (χ0v) is 11.6. The van der Waals surface area contributed by atoms with E-state index in [0.29, 0.717) is 11.0 Å². The molecule has 0 saturated heterocycles. The third-order valence-electron chi connectivity index (χ3n) is 3.23. The molecule has 2 N–H and O–H groups in total. The van der Waals surface area contributed by atoms with Crippen molar-refractivity contribution in [3.05, 3.63) is 29.8 Å². The highest BCUT2D eigenvalue weighted by Crippen LogP contribution is 2.28. The summed E-state index contributed by atoms with van der Waals surface area (Å²) in [5.74, 6) is 0.914. The highest BCUT2D eigenvalue weighted by molar-refractivity contribution is 7.80. The minimum atomic E-state index is 0.603. The Kier molecular flexibility index (Phi) is 4.55. The molecule has 0 heterocycles. The fourth-order valence-electron chi connectivity index (χ4n) is 2.09. The van der Waals surface area contributed by atoms with Gasteiger partial charge in [-0.2, -0.15) is 0 Å². The van der Waals surface area contributed by atoms with Gasteiger partial charge in [-0.05, 0) is 30.5 Å². The average Bonchev–Trinajstić information content (AvgIpc) is 3.18. The van der Waals surface area contributed by atoms with Crippen LogP contribution in [-0.4, -0.2) is 29.6 Å². The number of ether oxygens (including phenoxy) is 1. The van der Waals surface area contributed by atoms with Gasteiger partial charge in [0.15, 0.2) is 0 Å². The molecule has 0 spiro atoms. The molecule has 1 saturated carbocycles. The number of rotatable bonds is 7. The van der Waals surface area contributed by atoms with Crippen molar-refractivity contribution < 1.29 is 4.74 Å². The second kappa shape index (κ2) is 6.16. The van der Waals surface area contributed by atoms with Gasteiger partial charge in [-0.25, -0.2) is 0 Å². The predicted molar refractivity (Wildman–Crippen MR) is 77.8 cm³/mol. The van der Waals surface area contributed by atoms with E-state index < -0.39 is 0 Å². The molecule has 1 aliphatic carbocycles. The quantitative estimate of drug-likeness (QED) is 0.767. The normalized spacial score (nSPS) is 14.8. The summed E-state index contributed by atoms with van der Waals surface area (Å²) in [6, 6.07) is 8.95. The largest absolute Gasteiger partial charge is 0.497 e. The van der Waals surface area contributed by atoms with Crippen molar-refractivity contribution in [1.29, 1.82) is 0 Å². The summed E-state index contributed by atoms with van der Waals surface area (Å²) in [4.78, 5) is 3.07. The number of nitrogens with zero attached hydrogens (tertiary/aromatic N) is 1. The van der Waals surface area contributed by atoms with E-state index in [0.717, 1.165) is 25.3 Å². The molecular weight excluding hydrogens is 244 g/mol.